The van der Waals surface area contributed by atoms with Gasteiger partial charge in [0.25, 0.3) is 0 Å². The van der Waals surface area contributed by atoms with E-state index >= 15 is 0 Å². The maximum absolute atomic E-state index is 11.6. The van der Waals surface area contributed by atoms with Gasteiger partial charge in [-0.3, -0.25) is 4.79 Å². The molecule has 1 aliphatic heterocycles. The number of aromatic nitrogens is 2. The van der Waals surface area contributed by atoms with Crippen LogP contribution in [0.4, 0.5) is 5.82 Å². The van der Waals surface area contributed by atoms with Crippen molar-refractivity contribution < 1.29 is 4.79 Å². The van der Waals surface area contributed by atoms with Crippen LogP contribution in [0.1, 0.15) is 19.3 Å². The normalized spacial score (nSPS) is 19.7. The Morgan fingerprint density at radius 1 is 1.69 bits per heavy atom. The van der Waals surface area contributed by atoms with Gasteiger partial charge < -0.3 is 10.6 Å². The largest absolute Gasteiger partial charge is 0.313 e. The quantitative estimate of drug-likeness (QED) is 0.780. The van der Waals surface area contributed by atoms with E-state index in [-0.39, 0.29) is 17.2 Å². The number of nitrogens with one attached hydrogen (secondary N) is 2. The number of hydrogen-bond acceptors (Lipinski definition) is 4. The van der Waals surface area contributed by atoms with Crippen LogP contribution in [0.2, 0.25) is 5.28 Å². The summed E-state index contributed by atoms with van der Waals surface area (Å²) >= 11 is 5.61. The van der Waals surface area contributed by atoms with Gasteiger partial charge in [-0.25, -0.2) is 9.97 Å². The van der Waals surface area contributed by atoms with E-state index in [2.05, 4.69) is 20.6 Å². The Hall–Kier alpha value is -1.20. The van der Waals surface area contributed by atoms with Gasteiger partial charge in [0.05, 0.1) is 0 Å². The zero-order chi connectivity index (χ0) is 11.4. The molecule has 0 aromatic carbocycles. The van der Waals surface area contributed by atoms with E-state index in [9.17, 15) is 4.79 Å². The topological polar surface area (TPSA) is 66.9 Å². The van der Waals surface area contributed by atoms with Gasteiger partial charge in [0, 0.05) is 18.7 Å². The summed E-state index contributed by atoms with van der Waals surface area (Å²) in [5, 5.41) is 6.10. The minimum Gasteiger partial charge on any atom is -0.313 e. The third kappa shape index (κ3) is 3.15. The molecule has 1 atom stereocenters. The molecule has 16 heavy (non-hydrogen) atoms. The van der Waals surface area contributed by atoms with Gasteiger partial charge >= 0.3 is 0 Å². The van der Waals surface area contributed by atoms with Crippen molar-refractivity contribution in [2.24, 2.45) is 0 Å². The highest BCUT2D eigenvalue weighted by atomic mass is 35.5. The Balaban J connectivity index is 1.86. The molecule has 0 radical (unpaired) electrons. The fourth-order valence-corrected chi connectivity index (χ4v) is 1.90. The number of halogens is 1. The van der Waals surface area contributed by atoms with Crippen LogP contribution in [0.5, 0.6) is 0 Å². The number of amides is 1. The molecule has 1 unspecified atom stereocenters. The highest BCUT2D eigenvalue weighted by Gasteiger charge is 2.17. The van der Waals surface area contributed by atoms with Gasteiger partial charge in [0.2, 0.25) is 11.2 Å². The van der Waals surface area contributed by atoms with Crippen LogP contribution < -0.4 is 10.6 Å². The average Bonchev–Trinajstić information content (AvgIpc) is 2.70. The predicted molar refractivity (Wildman–Crippen MR) is 61.3 cm³/mol. The van der Waals surface area contributed by atoms with Crippen LogP contribution in [-0.4, -0.2) is 28.5 Å². The molecule has 1 aromatic rings. The second kappa shape index (κ2) is 5.23. The lowest BCUT2D eigenvalue weighted by atomic mass is 10.1. The van der Waals surface area contributed by atoms with E-state index in [1.165, 1.54) is 6.20 Å². The zero-order valence-corrected chi connectivity index (χ0v) is 9.50. The third-order valence-corrected chi connectivity index (χ3v) is 2.67. The van der Waals surface area contributed by atoms with Crippen molar-refractivity contribution in [1.82, 2.24) is 15.3 Å². The van der Waals surface area contributed by atoms with Crippen molar-refractivity contribution in [2.75, 3.05) is 11.9 Å². The zero-order valence-electron chi connectivity index (χ0n) is 8.74. The highest BCUT2D eigenvalue weighted by molar-refractivity contribution is 6.28. The number of hydrogen-bond donors (Lipinski definition) is 2. The first kappa shape index (κ1) is 11.3. The number of rotatable bonds is 3. The molecule has 5 nitrogen and oxygen atoms in total. The van der Waals surface area contributed by atoms with Crippen molar-refractivity contribution in [3.8, 4) is 0 Å². The first-order valence-electron chi connectivity index (χ1n) is 5.26. The van der Waals surface area contributed by atoms with Crippen LogP contribution in [0, 0.1) is 0 Å². The Morgan fingerprint density at radius 2 is 2.56 bits per heavy atom. The Kier molecular flexibility index (Phi) is 3.69. The Bertz CT molecular complexity index is 379. The lowest BCUT2D eigenvalue weighted by Gasteiger charge is -2.09. The highest BCUT2D eigenvalue weighted by Crippen LogP contribution is 2.11. The smallest absolute Gasteiger partial charge is 0.227 e. The van der Waals surface area contributed by atoms with Gasteiger partial charge in [-0.15, -0.1) is 0 Å². The maximum Gasteiger partial charge on any atom is 0.227 e. The molecular weight excluding hydrogens is 228 g/mol. The first-order valence-corrected chi connectivity index (χ1v) is 5.63. The fourth-order valence-electron chi connectivity index (χ4n) is 1.75. The Labute approximate surface area is 98.6 Å². The lowest BCUT2D eigenvalue weighted by molar-refractivity contribution is -0.116. The number of carbonyl (C=O) groups excluding carboxylic acids is 1. The van der Waals surface area contributed by atoms with E-state index in [0.29, 0.717) is 12.2 Å². The molecule has 2 rings (SSSR count). The van der Waals surface area contributed by atoms with Crippen molar-refractivity contribution in [3.05, 3.63) is 17.5 Å². The van der Waals surface area contributed by atoms with Crippen molar-refractivity contribution in [1.29, 1.82) is 0 Å². The van der Waals surface area contributed by atoms with E-state index < -0.39 is 0 Å². The van der Waals surface area contributed by atoms with Crippen LogP contribution in [0.3, 0.4) is 0 Å². The second-order valence-corrected chi connectivity index (χ2v) is 4.09. The molecule has 1 aliphatic rings. The molecule has 1 aromatic heterocycles. The van der Waals surface area contributed by atoms with Gasteiger partial charge in [0.1, 0.15) is 5.82 Å². The van der Waals surface area contributed by atoms with Crippen LogP contribution in [0.25, 0.3) is 0 Å². The molecule has 1 fully saturated rings. The SMILES string of the molecule is O=C(CC1CCCN1)Nc1ccnc(Cl)n1. The standard InChI is InChI=1S/C10H13ClN4O/c11-10-13-5-3-8(15-10)14-9(16)6-7-2-1-4-12-7/h3,5,7,12H,1-2,4,6H2,(H,13,14,15,16). The van der Waals surface area contributed by atoms with E-state index in [1.807, 2.05) is 0 Å². The third-order valence-electron chi connectivity index (χ3n) is 2.49. The summed E-state index contributed by atoms with van der Waals surface area (Å²) in [6.07, 6.45) is 4.18. The summed E-state index contributed by atoms with van der Waals surface area (Å²) in [6.45, 7) is 0.997. The fraction of sp³-hybridized carbons (Fsp3) is 0.500. The molecule has 0 saturated carbocycles. The first-order chi connectivity index (χ1) is 7.74. The minimum atomic E-state index is -0.0471. The molecule has 1 saturated heterocycles. The predicted octanol–water partition coefficient (Wildman–Crippen LogP) is 1.21. The van der Waals surface area contributed by atoms with Crippen molar-refractivity contribution in [2.45, 2.75) is 25.3 Å². The average molecular weight is 241 g/mol. The molecule has 1 amide bonds. The van der Waals surface area contributed by atoms with E-state index in [1.54, 1.807) is 6.07 Å². The summed E-state index contributed by atoms with van der Waals surface area (Å²) in [6, 6.07) is 1.91. The molecule has 0 aliphatic carbocycles. The molecule has 0 bridgehead atoms. The summed E-state index contributed by atoms with van der Waals surface area (Å²) in [5.74, 6) is 0.400. The van der Waals surface area contributed by atoms with Gasteiger partial charge in [0.15, 0.2) is 0 Å². The molecule has 86 valence electrons. The number of carbonyl (C=O) groups is 1. The molecule has 2 heterocycles. The van der Waals surface area contributed by atoms with E-state index in [4.69, 9.17) is 11.6 Å². The minimum absolute atomic E-state index is 0.0471. The summed E-state index contributed by atoms with van der Waals surface area (Å²) in [5.41, 5.74) is 0. The summed E-state index contributed by atoms with van der Waals surface area (Å²) in [4.78, 5) is 19.3. The summed E-state index contributed by atoms with van der Waals surface area (Å²) < 4.78 is 0. The van der Waals surface area contributed by atoms with E-state index in [0.717, 1.165) is 19.4 Å². The van der Waals surface area contributed by atoms with Crippen LogP contribution in [-0.2, 0) is 4.79 Å². The van der Waals surface area contributed by atoms with Gasteiger partial charge in [-0.2, -0.15) is 0 Å². The van der Waals surface area contributed by atoms with Gasteiger partial charge in [-0.1, -0.05) is 0 Å². The molecule has 6 heteroatoms. The van der Waals surface area contributed by atoms with Gasteiger partial charge in [-0.05, 0) is 37.1 Å². The Morgan fingerprint density at radius 3 is 3.25 bits per heavy atom. The summed E-state index contributed by atoms with van der Waals surface area (Å²) in [7, 11) is 0. The number of anilines is 1. The molecule has 0 spiro atoms. The second-order valence-electron chi connectivity index (χ2n) is 3.76. The maximum atomic E-state index is 11.6. The van der Waals surface area contributed by atoms with Crippen LogP contribution in [0.15, 0.2) is 12.3 Å². The van der Waals surface area contributed by atoms with Crippen LogP contribution >= 0.6 is 11.6 Å². The van der Waals surface area contributed by atoms with Crippen molar-refractivity contribution >= 4 is 23.3 Å². The molecule has 2 N–H and O–H groups in total. The lowest BCUT2D eigenvalue weighted by Crippen LogP contribution is -2.27. The molecular formula is C10H13ClN4O. The number of nitrogens with zero attached hydrogens (tertiary/aromatic N) is 2. The van der Waals surface area contributed by atoms with Crippen molar-refractivity contribution in [3.63, 3.8) is 0 Å². The monoisotopic (exact) mass is 240 g/mol.